The lowest BCUT2D eigenvalue weighted by molar-refractivity contribution is 0.0310. The minimum absolute atomic E-state index is 0.0332. The van der Waals surface area contributed by atoms with Gasteiger partial charge in [-0.2, -0.15) is 0 Å². The van der Waals surface area contributed by atoms with Crippen LogP contribution < -0.4 is 5.73 Å². The Bertz CT molecular complexity index is 232. The van der Waals surface area contributed by atoms with Gasteiger partial charge in [0.2, 0.25) is 0 Å². The Morgan fingerprint density at radius 2 is 1.89 bits per heavy atom. The number of ether oxygens (including phenoxy) is 1. The SMILES string of the molecule is COCC(N)C(CO)N1CCC(C(C)(C)C)CC1. The Hall–Kier alpha value is -0.160. The second kappa shape index (κ2) is 6.85. The third kappa shape index (κ3) is 4.19. The molecule has 18 heavy (non-hydrogen) atoms. The fraction of sp³-hybridized carbons (Fsp3) is 1.00. The topological polar surface area (TPSA) is 58.7 Å². The van der Waals surface area contributed by atoms with Gasteiger partial charge in [-0.25, -0.2) is 0 Å². The van der Waals surface area contributed by atoms with Crippen LogP contribution in [0.25, 0.3) is 0 Å². The number of hydrogen-bond donors (Lipinski definition) is 2. The number of nitrogens with two attached hydrogens (primary N) is 1. The van der Waals surface area contributed by atoms with Crippen LogP contribution in [0.15, 0.2) is 0 Å². The summed E-state index contributed by atoms with van der Waals surface area (Å²) in [4.78, 5) is 2.33. The molecule has 0 saturated carbocycles. The van der Waals surface area contributed by atoms with E-state index in [1.165, 1.54) is 12.8 Å². The number of nitrogens with zero attached hydrogens (tertiary/aromatic N) is 1. The Morgan fingerprint density at radius 1 is 1.33 bits per heavy atom. The van der Waals surface area contributed by atoms with Gasteiger partial charge in [0.1, 0.15) is 0 Å². The van der Waals surface area contributed by atoms with Crippen molar-refractivity contribution in [3.05, 3.63) is 0 Å². The lowest BCUT2D eigenvalue weighted by atomic mass is 9.75. The van der Waals surface area contributed by atoms with E-state index in [0.29, 0.717) is 12.0 Å². The van der Waals surface area contributed by atoms with E-state index in [2.05, 4.69) is 25.7 Å². The second-order valence-electron chi connectivity index (χ2n) is 6.55. The highest BCUT2D eigenvalue weighted by molar-refractivity contribution is 4.87. The first-order valence-electron chi connectivity index (χ1n) is 6.99. The van der Waals surface area contributed by atoms with Crippen LogP contribution in [0.3, 0.4) is 0 Å². The van der Waals surface area contributed by atoms with E-state index >= 15 is 0 Å². The van der Waals surface area contributed by atoms with Crippen molar-refractivity contribution >= 4 is 0 Å². The number of aliphatic hydroxyl groups is 1. The number of piperidine rings is 1. The number of hydrogen-bond acceptors (Lipinski definition) is 4. The van der Waals surface area contributed by atoms with Crippen LogP contribution in [0.2, 0.25) is 0 Å². The third-order valence-corrected chi connectivity index (χ3v) is 4.26. The van der Waals surface area contributed by atoms with Gasteiger partial charge in [0.15, 0.2) is 0 Å². The van der Waals surface area contributed by atoms with E-state index in [1.807, 2.05) is 0 Å². The predicted molar refractivity (Wildman–Crippen MR) is 74.5 cm³/mol. The first-order valence-corrected chi connectivity index (χ1v) is 6.99. The molecule has 0 aromatic heterocycles. The molecule has 1 fully saturated rings. The smallest absolute Gasteiger partial charge is 0.0629 e. The molecule has 2 unspecified atom stereocenters. The fourth-order valence-electron chi connectivity index (χ4n) is 2.92. The van der Waals surface area contributed by atoms with Gasteiger partial charge in [0.05, 0.1) is 19.3 Å². The van der Waals surface area contributed by atoms with E-state index in [0.717, 1.165) is 19.0 Å². The summed E-state index contributed by atoms with van der Waals surface area (Å²) in [5.74, 6) is 0.770. The van der Waals surface area contributed by atoms with Crippen molar-refractivity contribution in [1.82, 2.24) is 4.90 Å². The van der Waals surface area contributed by atoms with Gasteiger partial charge in [0.25, 0.3) is 0 Å². The normalized spacial score (nSPS) is 23.0. The van der Waals surface area contributed by atoms with Gasteiger partial charge < -0.3 is 15.6 Å². The van der Waals surface area contributed by atoms with Crippen LogP contribution in [0.4, 0.5) is 0 Å². The lowest BCUT2D eigenvalue weighted by Gasteiger charge is -2.42. The summed E-state index contributed by atoms with van der Waals surface area (Å²) >= 11 is 0. The van der Waals surface area contributed by atoms with E-state index in [4.69, 9.17) is 10.5 Å². The maximum Gasteiger partial charge on any atom is 0.0629 e. The zero-order valence-corrected chi connectivity index (χ0v) is 12.4. The molecule has 2 atom stereocenters. The average molecular weight is 258 g/mol. The minimum atomic E-state index is -0.105. The lowest BCUT2D eigenvalue weighted by Crippen LogP contribution is -2.54. The summed E-state index contributed by atoms with van der Waals surface area (Å²) in [5, 5.41) is 9.52. The molecule has 0 aliphatic carbocycles. The molecule has 108 valence electrons. The minimum Gasteiger partial charge on any atom is -0.395 e. The van der Waals surface area contributed by atoms with Crippen LogP contribution >= 0.6 is 0 Å². The van der Waals surface area contributed by atoms with Gasteiger partial charge >= 0.3 is 0 Å². The fourth-order valence-corrected chi connectivity index (χ4v) is 2.92. The Morgan fingerprint density at radius 3 is 2.28 bits per heavy atom. The molecular weight excluding hydrogens is 228 g/mol. The highest BCUT2D eigenvalue weighted by Gasteiger charge is 2.32. The summed E-state index contributed by atoms with van der Waals surface area (Å²) in [6.07, 6.45) is 2.39. The summed E-state index contributed by atoms with van der Waals surface area (Å²) < 4.78 is 5.09. The molecule has 0 bridgehead atoms. The number of methoxy groups -OCH3 is 1. The average Bonchev–Trinajstić information content (AvgIpc) is 2.30. The predicted octanol–water partition coefficient (Wildman–Crippen LogP) is 1.08. The molecule has 0 aromatic rings. The van der Waals surface area contributed by atoms with Crippen molar-refractivity contribution < 1.29 is 9.84 Å². The van der Waals surface area contributed by atoms with Crippen molar-refractivity contribution in [2.75, 3.05) is 33.4 Å². The Kier molecular flexibility index (Phi) is 6.05. The summed E-state index contributed by atoms with van der Waals surface area (Å²) in [6, 6.07) is -0.0722. The van der Waals surface area contributed by atoms with Crippen LogP contribution in [-0.2, 0) is 4.74 Å². The maximum absolute atomic E-state index is 9.52. The number of aliphatic hydroxyl groups excluding tert-OH is 1. The van der Waals surface area contributed by atoms with E-state index < -0.39 is 0 Å². The molecule has 3 N–H and O–H groups in total. The molecule has 0 spiro atoms. The molecule has 1 aliphatic rings. The molecule has 1 saturated heterocycles. The van der Waals surface area contributed by atoms with Gasteiger partial charge in [-0.15, -0.1) is 0 Å². The summed E-state index contributed by atoms with van der Waals surface area (Å²) in [6.45, 7) is 9.62. The molecule has 4 nitrogen and oxygen atoms in total. The Labute approximate surface area is 111 Å². The molecule has 1 heterocycles. The molecule has 0 amide bonds. The van der Waals surface area contributed by atoms with Gasteiger partial charge in [-0.1, -0.05) is 20.8 Å². The molecule has 0 aromatic carbocycles. The molecule has 4 heteroatoms. The number of likely N-dealkylation sites (tertiary alicyclic amines) is 1. The molecule has 0 radical (unpaired) electrons. The number of rotatable bonds is 5. The molecule has 1 rings (SSSR count). The van der Waals surface area contributed by atoms with Crippen molar-refractivity contribution in [3.8, 4) is 0 Å². The summed E-state index contributed by atoms with van der Waals surface area (Å²) in [5.41, 5.74) is 6.45. The third-order valence-electron chi connectivity index (χ3n) is 4.26. The molecular formula is C14H30N2O2. The van der Waals surface area contributed by atoms with E-state index in [9.17, 15) is 5.11 Å². The Balaban J connectivity index is 2.50. The maximum atomic E-state index is 9.52. The summed E-state index contributed by atoms with van der Waals surface area (Å²) in [7, 11) is 1.65. The monoisotopic (exact) mass is 258 g/mol. The van der Waals surface area contributed by atoms with Crippen LogP contribution in [0, 0.1) is 11.3 Å². The zero-order chi connectivity index (χ0) is 13.8. The van der Waals surface area contributed by atoms with E-state index in [-0.39, 0.29) is 18.7 Å². The van der Waals surface area contributed by atoms with Crippen molar-refractivity contribution in [3.63, 3.8) is 0 Å². The van der Waals surface area contributed by atoms with Gasteiger partial charge in [0, 0.05) is 13.2 Å². The van der Waals surface area contributed by atoms with Gasteiger partial charge in [-0.3, -0.25) is 4.90 Å². The first-order chi connectivity index (χ1) is 8.40. The second-order valence-corrected chi connectivity index (χ2v) is 6.55. The van der Waals surface area contributed by atoms with Crippen LogP contribution in [0.5, 0.6) is 0 Å². The first kappa shape index (κ1) is 15.9. The van der Waals surface area contributed by atoms with Crippen LogP contribution in [-0.4, -0.2) is 55.5 Å². The van der Waals surface area contributed by atoms with Crippen molar-refractivity contribution in [2.45, 2.75) is 45.7 Å². The van der Waals surface area contributed by atoms with Crippen molar-refractivity contribution in [1.29, 1.82) is 0 Å². The van der Waals surface area contributed by atoms with Crippen LogP contribution in [0.1, 0.15) is 33.6 Å². The molecule has 1 aliphatic heterocycles. The van der Waals surface area contributed by atoms with E-state index in [1.54, 1.807) is 7.11 Å². The largest absolute Gasteiger partial charge is 0.395 e. The zero-order valence-electron chi connectivity index (χ0n) is 12.4. The highest BCUT2D eigenvalue weighted by Crippen LogP contribution is 2.34. The van der Waals surface area contributed by atoms with Crippen molar-refractivity contribution in [2.24, 2.45) is 17.1 Å². The standard InChI is InChI=1S/C14H30N2O2/c1-14(2,3)11-5-7-16(8-6-11)13(9-17)12(15)10-18-4/h11-13,17H,5-10,15H2,1-4H3. The van der Waals surface area contributed by atoms with Gasteiger partial charge in [-0.05, 0) is 37.3 Å². The highest BCUT2D eigenvalue weighted by atomic mass is 16.5. The quantitative estimate of drug-likeness (QED) is 0.775.